The fourth-order valence-corrected chi connectivity index (χ4v) is 4.56. The molecule has 1 aliphatic heterocycles. The number of piperazine rings is 1. The van der Waals surface area contributed by atoms with E-state index in [0.717, 1.165) is 0 Å². The van der Waals surface area contributed by atoms with Gasteiger partial charge in [0.25, 0.3) is 15.9 Å². The number of hydrogen-bond acceptors (Lipinski definition) is 6. The molecule has 0 radical (unpaired) electrons. The minimum atomic E-state index is -3.96. The van der Waals surface area contributed by atoms with Gasteiger partial charge in [-0.1, -0.05) is 12.1 Å². The zero-order chi connectivity index (χ0) is 23.4. The number of halogens is 1. The van der Waals surface area contributed by atoms with Crippen molar-refractivity contribution >= 4 is 27.3 Å². The molecular formula is C22H24FN5O4S. The van der Waals surface area contributed by atoms with Crippen LogP contribution in [0.2, 0.25) is 0 Å². The van der Waals surface area contributed by atoms with Gasteiger partial charge in [-0.3, -0.25) is 14.6 Å². The van der Waals surface area contributed by atoms with Crippen LogP contribution >= 0.6 is 0 Å². The minimum absolute atomic E-state index is 0.00131. The standard InChI is InChI=1S/C22H24FN5O4S/c1-2-32-17-9-7-16(8-10-17)26-33(30,31)21-15-19(24-25-21)22(29)28-13-11-27(12-14-28)20-6-4-3-5-18(20)23/h3-10,15,26H,2,11-14H2,1H3,(H,24,25). The molecule has 0 atom stereocenters. The lowest BCUT2D eigenvalue weighted by atomic mass is 10.2. The smallest absolute Gasteiger partial charge is 0.278 e. The van der Waals surface area contributed by atoms with Crippen LogP contribution in [0, 0.1) is 5.82 Å². The zero-order valence-corrected chi connectivity index (χ0v) is 18.8. The highest BCUT2D eigenvalue weighted by Crippen LogP contribution is 2.22. The van der Waals surface area contributed by atoms with Crippen molar-refractivity contribution < 1.29 is 22.3 Å². The van der Waals surface area contributed by atoms with Crippen LogP contribution in [0.5, 0.6) is 5.75 Å². The number of nitrogens with one attached hydrogen (secondary N) is 2. The Kier molecular flexibility index (Phi) is 6.50. The number of H-pyrrole nitrogens is 1. The van der Waals surface area contributed by atoms with Crippen molar-refractivity contribution in [3.05, 3.63) is 66.1 Å². The molecule has 0 spiro atoms. The number of carbonyl (C=O) groups excluding carboxylic acids is 1. The van der Waals surface area contributed by atoms with Crippen molar-refractivity contribution in [1.82, 2.24) is 15.1 Å². The molecule has 2 aromatic carbocycles. The third-order valence-corrected chi connectivity index (χ3v) is 6.53. The van der Waals surface area contributed by atoms with Gasteiger partial charge in [0.1, 0.15) is 11.6 Å². The van der Waals surface area contributed by atoms with E-state index in [1.54, 1.807) is 47.4 Å². The molecule has 9 nitrogen and oxygen atoms in total. The highest BCUT2D eigenvalue weighted by Gasteiger charge is 2.27. The maximum atomic E-state index is 14.0. The lowest BCUT2D eigenvalue weighted by molar-refractivity contribution is 0.0740. The number of aromatic nitrogens is 2. The largest absolute Gasteiger partial charge is 0.494 e. The second-order valence-corrected chi connectivity index (χ2v) is 9.06. The van der Waals surface area contributed by atoms with Crippen LogP contribution in [0.4, 0.5) is 15.8 Å². The van der Waals surface area contributed by atoms with E-state index in [1.807, 2.05) is 11.8 Å². The van der Waals surface area contributed by atoms with Crippen LogP contribution in [0.3, 0.4) is 0 Å². The first kappa shape index (κ1) is 22.6. The lowest BCUT2D eigenvalue weighted by Gasteiger charge is -2.35. The minimum Gasteiger partial charge on any atom is -0.494 e. The third kappa shape index (κ3) is 5.08. The van der Waals surface area contributed by atoms with Crippen LogP contribution < -0.4 is 14.4 Å². The molecular weight excluding hydrogens is 449 g/mol. The molecule has 4 rings (SSSR count). The van der Waals surface area contributed by atoms with Crippen molar-refractivity contribution in [2.45, 2.75) is 11.9 Å². The van der Waals surface area contributed by atoms with E-state index in [0.29, 0.717) is 49.9 Å². The average Bonchev–Trinajstić information content (AvgIpc) is 3.32. The average molecular weight is 474 g/mol. The predicted molar refractivity (Wildman–Crippen MR) is 122 cm³/mol. The third-order valence-electron chi connectivity index (χ3n) is 5.24. The molecule has 174 valence electrons. The van der Waals surface area contributed by atoms with Crippen LogP contribution in [-0.2, 0) is 10.0 Å². The summed E-state index contributed by atoms with van der Waals surface area (Å²) in [4.78, 5) is 16.3. The lowest BCUT2D eigenvalue weighted by Crippen LogP contribution is -2.49. The Hall–Kier alpha value is -3.60. The van der Waals surface area contributed by atoms with Gasteiger partial charge >= 0.3 is 0 Å². The Morgan fingerprint density at radius 3 is 2.48 bits per heavy atom. The van der Waals surface area contributed by atoms with Gasteiger partial charge in [0.15, 0.2) is 10.7 Å². The van der Waals surface area contributed by atoms with Gasteiger partial charge < -0.3 is 14.5 Å². The molecule has 1 fully saturated rings. The molecule has 33 heavy (non-hydrogen) atoms. The van der Waals surface area contributed by atoms with E-state index in [9.17, 15) is 17.6 Å². The number of benzene rings is 2. The molecule has 1 saturated heterocycles. The van der Waals surface area contributed by atoms with E-state index < -0.39 is 10.0 Å². The van der Waals surface area contributed by atoms with E-state index >= 15 is 0 Å². The molecule has 1 aliphatic rings. The van der Waals surface area contributed by atoms with Gasteiger partial charge in [-0.25, -0.2) is 4.39 Å². The number of para-hydroxylation sites is 1. The number of amides is 1. The maximum Gasteiger partial charge on any atom is 0.278 e. The fraction of sp³-hybridized carbons (Fsp3) is 0.273. The van der Waals surface area contributed by atoms with Crippen LogP contribution in [0.25, 0.3) is 0 Å². The molecule has 1 aromatic heterocycles. The molecule has 0 unspecified atom stereocenters. The van der Waals surface area contributed by atoms with E-state index in [2.05, 4.69) is 14.9 Å². The molecule has 2 heterocycles. The highest BCUT2D eigenvalue weighted by atomic mass is 32.2. The number of carbonyl (C=O) groups is 1. The SMILES string of the molecule is CCOc1ccc(NS(=O)(=O)c2cc(C(=O)N3CCN(c4ccccc4F)CC3)n[nH]2)cc1. The number of anilines is 2. The Balaban J connectivity index is 1.39. The summed E-state index contributed by atoms with van der Waals surface area (Å²) in [6.07, 6.45) is 0. The maximum absolute atomic E-state index is 14.0. The zero-order valence-electron chi connectivity index (χ0n) is 18.0. The number of nitrogens with zero attached hydrogens (tertiary/aromatic N) is 3. The summed E-state index contributed by atoms with van der Waals surface area (Å²) < 4.78 is 47.2. The fourth-order valence-electron chi connectivity index (χ4n) is 3.57. The molecule has 0 saturated carbocycles. The van der Waals surface area contributed by atoms with E-state index in [4.69, 9.17) is 4.74 Å². The predicted octanol–water partition coefficient (Wildman–Crippen LogP) is 2.71. The van der Waals surface area contributed by atoms with Crippen molar-refractivity contribution in [3.8, 4) is 5.75 Å². The van der Waals surface area contributed by atoms with Crippen LogP contribution in [0.15, 0.2) is 59.6 Å². The summed E-state index contributed by atoms with van der Waals surface area (Å²) in [6, 6.07) is 14.2. The summed E-state index contributed by atoms with van der Waals surface area (Å²) in [5.74, 6) is -0.0635. The number of hydrogen-bond donors (Lipinski definition) is 2. The molecule has 2 N–H and O–H groups in total. The van der Waals surface area contributed by atoms with Crippen molar-refractivity contribution in [2.24, 2.45) is 0 Å². The van der Waals surface area contributed by atoms with E-state index in [-0.39, 0.29) is 22.4 Å². The summed E-state index contributed by atoms with van der Waals surface area (Å²) in [5, 5.41) is 6.11. The molecule has 0 aliphatic carbocycles. The van der Waals surface area contributed by atoms with Crippen LogP contribution in [0.1, 0.15) is 17.4 Å². The Morgan fingerprint density at radius 1 is 1.12 bits per heavy atom. The first-order chi connectivity index (χ1) is 15.9. The second kappa shape index (κ2) is 9.49. The topological polar surface area (TPSA) is 108 Å². The van der Waals surface area contributed by atoms with E-state index in [1.165, 1.54) is 12.1 Å². The Morgan fingerprint density at radius 2 is 1.82 bits per heavy atom. The number of rotatable bonds is 7. The van der Waals surface area contributed by atoms with Crippen molar-refractivity contribution in [1.29, 1.82) is 0 Å². The molecule has 11 heteroatoms. The van der Waals surface area contributed by atoms with Crippen molar-refractivity contribution in [3.63, 3.8) is 0 Å². The Bertz CT molecular complexity index is 1220. The molecule has 3 aromatic rings. The summed E-state index contributed by atoms with van der Waals surface area (Å²) in [6.45, 7) is 4.02. The summed E-state index contributed by atoms with van der Waals surface area (Å²) in [7, 11) is -3.96. The quantitative estimate of drug-likeness (QED) is 0.546. The molecule has 1 amide bonds. The number of sulfonamides is 1. The van der Waals surface area contributed by atoms with Crippen LogP contribution in [-0.4, -0.2) is 62.2 Å². The normalized spacial score (nSPS) is 14.2. The van der Waals surface area contributed by atoms with Gasteiger partial charge in [-0.15, -0.1) is 0 Å². The number of aromatic amines is 1. The summed E-state index contributed by atoms with van der Waals surface area (Å²) in [5.41, 5.74) is 0.852. The molecule has 0 bridgehead atoms. The van der Waals surface area contributed by atoms with Gasteiger partial charge in [-0.05, 0) is 43.3 Å². The monoisotopic (exact) mass is 473 g/mol. The van der Waals surface area contributed by atoms with Gasteiger partial charge in [0.2, 0.25) is 0 Å². The van der Waals surface area contributed by atoms with Crippen molar-refractivity contribution in [2.75, 3.05) is 42.4 Å². The Labute approximate surface area is 191 Å². The number of ether oxygens (including phenoxy) is 1. The first-order valence-corrected chi connectivity index (χ1v) is 12.0. The second-order valence-electron chi connectivity index (χ2n) is 7.41. The first-order valence-electron chi connectivity index (χ1n) is 10.5. The van der Waals surface area contributed by atoms with Gasteiger partial charge in [0.05, 0.1) is 12.3 Å². The summed E-state index contributed by atoms with van der Waals surface area (Å²) >= 11 is 0. The highest BCUT2D eigenvalue weighted by molar-refractivity contribution is 7.92. The van der Waals surface area contributed by atoms with Gasteiger partial charge in [0, 0.05) is 37.9 Å². The van der Waals surface area contributed by atoms with Gasteiger partial charge in [-0.2, -0.15) is 13.5 Å².